The molecule has 0 saturated heterocycles. The second-order valence-corrected chi connectivity index (χ2v) is 7.88. The van der Waals surface area contributed by atoms with Crippen molar-refractivity contribution < 1.29 is 4.79 Å². The highest BCUT2D eigenvalue weighted by Crippen LogP contribution is 2.30. The Morgan fingerprint density at radius 2 is 1.42 bits per heavy atom. The molecule has 1 amide bonds. The van der Waals surface area contributed by atoms with E-state index in [0.717, 1.165) is 22.4 Å². The third-order valence-corrected chi connectivity index (χ3v) is 5.30. The van der Waals surface area contributed by atoms with Gasteiger partial charge in [-0.15, -0.1) is 10.2 Å². The zero-order valence-electron chi connectivity index (χ0n) is 17.1. The van der Waals surface area contributed by atoms with Crippen LogP contribution >= 0.6 is 11.8 Å². The summed E-state index contributed by atoms with van der Waals surface area (Å²) in [6.45, 7) is 4.08. The summed E-state index contributed by atoms with van der Waals surface area (Å²) >= 11 is 1.21. The van der Waals surface area contributed by atoms with Crippen LogP contribution in [0.1, 0.15) is 11.1 Å². The summed E-state index contributed by atoms with van der Waals surface area (Å²) in [7, 11) is 0. The summed E-state index contributed by atoms with van der Waals surface area (Å²) in [4.78, 5) is 24.9. The molecule has 2 heterocycles. The lowest BCUT2D eigenvalue weighted by atomic mass is 10.0. The van der Waals surface area contributed by atoms with Gasteiger partial charge in [-0.3, -0.25) is 10.1 Å². The van der Waals surface area contributed by atoms with Crippen molar-refractivity contribution in [3.63, 3.8) is 0 Å². The molecule has 7 nitrogen and oxygen atoms in total. The number of thioether (sulfide) groups is 1. The van der Waals surface area contributed by atoms with E-state index in [1.807, 2.05) is 62.4 Å². The number of hydrogen-bond acceptors (Lipinski definition) is 7. The summed E-state index contributed by atoms with van der Waals surface area (Å²) in [5, 5.41) is 11.8. The van der Waals surface area contributed by atoms with Crippen LogP contribution in [0.15, 0.2) is 72.1 Å². The summed E-state index contributed by atoms with van der Waals surface area (Å²) in [6, 6.07) is 17.9. The third kappa shape index (κ3) is 5.29. The van der Waals surface area contributed by atoms with Crippen molar-refractivity contribution in [3.05, 3.63) is 78.1 Å². The van der Waals surface area contributed by atoms with Crippen LogP contribution in [0, 0.1) is 13.8 Å². The van der Waals surface area contributed by atoms with E-state index in [1.165, 1.54) is 17.3 Å². The Labute approximate surface area is 184 Å². The Balaban J connectivity index is 1.59. The topological polar surface area (TPSA) is 93.6 Å². The predicted octanol–water partition coefficient (Wildman–Crippen LogP) is 4.34. The molecule has 4 rings (SSSR count). The fraction of sp³-hybridized carbons (Fsp3) is 0.130. The van der Waals surface area contributed by atoms with E-state index >= 15 is 0 Å². The number of nitrogens with zero attached hydrogens (tertiary/aromatic N) is 5. The van der Waals surface area contributed by atoms with Crippen LogP contribution in [0.2, 0.25) is 0 Å². The molecule has 0 atom stereocenters. The van der Waals surface area contributed by atoms with Crippen molar-refractivity contribution in [1.82, 2.24) is 25.1 Å². The van der Waals surface area contributed by atoms with E-state index in [9.17, 15) is 4.79 Å². The number of anilines is 1. The normalized spacial score (nSPS) is 10.6. The van der Waals surface area contributed by atoms with Gasteiger partial charge in [0.15, 0.2) is 0 Å². The Morgan fingerprint density at radius 1 is 0.839 bits per heavy atom. The summed E-state index contributed by atoms with van der Waals surface area (Å²) in [5.41, 5.74) is 5.65. The highest BCUT2D eigenvalue weighted by molar-refractivity contribution is 7.99. The number of nitrogens with one attached hydrogen (secondary N) is 1. The van der Waals surface area contributed by atoms with Crippen LogP contribution in [-0.2, 0) is 4.79 Å². The lowest BCUT2D eigenvalue weighted by Crippen LogP contribution is -2.16. The zero-order valence-corrected chi connectivity index (χ0v) is 17.9. The molecule has 0 spiro atoms. The first-order chi connectivity index (χ1) is 15.1. The maximum Gasteiger partial charge on any atom is 0.237 e. The van der Waals surface area contributed by atoms with Crippen molar-refractivity contribution in [1.29, 1.82) is 0 Å². The molecule has 0 bridgehead atoms. The smallest absolute Gasteiger partial charge is 0.237 e. The van der Waals surface area contributed by atoms with Crippen LogP contribution in [0.5, 0.6) is 0 Å². The first-order valence-electron chi connectivity index (χ1n) is 9.67. The van der Waals surface area contributed by atoms with Crippen LogP contribution in [0.3, 0.4) is 0 Å². The number of carbonyl (C=O) groups is 1. The summed E-state index contributed by atoms with van der Waals surface area (Å²) in [5.74, 6) is 0.151. The zero-order chi connectivity index (χ0) is 21.6. The minimum Gasteiger partial charge on any atom is -0.294 e. The fourth-order valence-electron chi connectivity index (χ4n) is 2.85. The lowest BCUT2D eigenvalue weighted by Gasteiger charge is -2.10. The van der Waals surface area contributed by atoms with E-state index in [4.69, 9.17) is 4.98 Å². The van der Waals surface area contributed by atoms with Gasteiger partial charge in [-0.1, -0.05) is 71.4 Å². The number of rotatable bonds is 6. The molecule has 0 aliphatic heterocycles. The van der Waals surface area contributed by atoms with Crippen LogP contribution < -0.4 is 5.32 Å². The summed E-state index contributed by atoms with van der Waals surface area (Å²) in [6.07, 6.45) is 3.14. The Bertz CT molecular complexity index is 1180. The molecule has 0 radical (unpaired) electrons. The third-order valence-electron chi connectivity index (χ3n) is 4.47. The maximum atomic E-state index is 12.2. The van der Waals surface area contributed by atoms with Crippen molar-refractivity contribution >= 4 is 23.6 Å². The van der Waals surface area contributed by atoms with Gasteiger partial charge in [0, 0.05) is 23.5 Å². The fourth-order valence-corrected chi connectivity index (χ4v) is 3.43. The molecule has 2 aromatic heterocycles. The molecule has 0 aliphatic rings. The minimum atomic E-state index is -0.237. The Hall–Kier alpha value is -3.65. The molecule has 1 N–H and O–H groups in total. The first kappa shape index (κ1) is 20.6. The molecule has 31 heavy (non-hydrogen) atoms. The Kier molecular flexibility index (Phi) is 6.28. The van der Waals surface area contributed by atoms with Gasteiger partial charge in [-0.25, -0.2) is 15.0 Å². The van der Waals surface area contributed by atoms with Crippen LogP contribution in [-0.4, -0.2) is 36.8 Å². The van der Waals surface area contributed by atoms with Gasteiger partial charge in [0.2, 0.25) is 17.0 Å². The quantitative estimate of drug-likeness (QED) is 0.457. The van der Waals surface area contributed by atoms with Gasteiger partial charge in [0.25, 0.3) is 0 Å². The highest BCUT2D eigenvalue weighted by atomic mass is 32.2. The standard InChI is InChI=1S/C23H20N6OS/c1-15-4-8-17(9-5-15)20-21(18-10-6-16(2)7-11-18)28-29-23(27-20)31-14-19(30)26-22-24-12-3-13-25-22/h3-13H,14H2,1-2H3,(H,24,25,26,30). The molecule has 0 aliphatic carbocycles. The van der Waals surface area contributed by atoms with Crippen molar-refractivity contribution in [2.75, 3.05) is 11.1 Å². The SMILES string of the molecule is Cc1ccc(-c2nnc(SCC(=O)Nc3ncccn3)nc2-c2ccc(C)cc2)cc1. The largest absolute Gasteiger partial charge is 0.294 e. The van der Waals surface area contributed by atoms with E-state index in [1.54, 1.807) is 18.5 Å². The van der Waals surface area contributed by atoms with E-state index < -0.39 is 0 Å². The molecule has 0 saturated carbocycles. The lowest BCUT2D eigenvalue weighted by molar-refractivity contribution is -0.113. The Morgan fingerprint density at radius 3 is 2.03 bits per heavy atom. The molecule has 0 fully saturated rings. The number of benzene rings is 2. The maximum absolute atomic E-state index is 12.2. The second-order valence-electron chi connectivity index (χ2n) is 6.93. The molecule has 2 aromatic carbocycles. The number of aryl methyl sites for hydroxylation is 2. The molecule has 154 valence electrons. The number of hydrogen-bond donors (Lipinski definition) is 1. The molecular formula is C23H20N6OS. The van der Waals surface area contributed by atoms with Crippen LogP contribution in [0.25, 0.3) is 22.5 Å². The number of carbonyl (C=O) groups excluding carboxylic acids is 1. The highest BCUT2D eigenvalue weighted by Gasteiger charge is 2.15. The summed E-state index contributed by atoms with van der Waals surface area (Å²) < 4.78 is 0. The monoisotopic (exact) mass is 428 g/mol. The average Bonchev–Trinajstić information content (AvgIpc) is 2.79. The van der Waals surface area contributed by atoms with Crippen molar-refractivity contribution in [2.24, 2.45) is 0 Å². The molecule has 0 unspecified atom stereocenters. The van der Waals surface area contributed by atoms with Gasteiger partial charge in [0.05, 0.1) is 5.75 Å². The van der Waals surface area contributed by atoms with E-state index in [2.05, 4.69) is 25.5 Å². The minimum absolute atomic E-state index is 0.122. The predicted molar refractivity (Wildman–Crippen MR) is 122 cm³/mol. The van der Waals surface area contributed by atoms with Gasteiger partial charge in [0.1, 0.15) is 11.4 Å². The van der Waals surface area contributed by atoms with Gasteiger partial charge in [-0.05, 0) is 19.9 Å². The van der Waals surface area contributed by atoms with Crippen molar-refractivity contribution in [3.8, 4) is 22.5 Å². The van der Waals surface area contributed by atoms with Crippen molar-refractivity contribution in [2.45, 2.75) is 19.0 Å². The van der Waals surface area contributed by atoms with Gasteiger partial charge in [-0.2, -0.15) is 0 Å². The number of aromatic nitrogens is 5. The number of amides is 1. The van der Waals surface area contributed by atoms with E-state index in [0.29, 0.717) is 10.9 Å². The van der Waals surface area contributed by atoms with Crippen LogP contribution in [0.4, 0.5) is 5.95 Å². The van der Waals surface area contributed by atoms with E-state index in [-0.39, 0.29) is 17.6 Å². The van der Waals surface area contributed by atoms with Gasteiger partial charge < -0.3 is 0 Å². The molecule has 4 aromatic rings. The molecular weight excluding hydrogens is 408 g/mol. The van der Waals surface area contributed by atoms with Gasteiger partial charge >= 0.3 is 0 Å². The first-order valence-corrected chi connectivity index (χ1v) is 10.7. The molecule has 8 heteroatoms. The second kappa shape index (κ2) is 9.44. The average molecular weight is 429 g/mol.